The molecule has 0 N–H and O–H groups in total. The molecule has 16 heavy (non-hydrogen) atoms. The lowest BCUT2D eigenvalue weighted by Crippen LogP contribution is -2.19. The van der Waals surface area contributed by atoms with Crippen LogP contribution in [0.25, 0.3) is 0 Å². The van der Waals surface area contributed by atoms with Crippen LogP contribution >= 0.6 is 27.7 Å². The zero-order chi connectivity index (χ0) is 12.2. The summed E-state index contributed by atoms with van der Waals surface area (Å²) in [6, 6.07) is 5.25. The van der Waals surface area contributed by atoms with Gasteiger partial charge < -0.3 is 0 Å². The van der Waals surface area contributed by atoms with Gasteiger partial charge in [0.2, 0.25) is 0 Å². The quantitative estimate of drug-likeness (QED) is 0.619. The maximum absolute atomic E-state index is 9.03. The van der Waals surface area contributed by atoms with Crippen LogP contribution < -0.4 is 0 Å². The van der Waals surface area contributed by atoms with Crippen molar-refractivity contribution in [1.29, 1.82) is 5.26 Å². The van der Waals surface area contributed by atoms with E-state index >= 15 is 0 Å². The highest BCUT2D eigenvalue weighted by Crippen LogP contribution is 2.27. The van der Waals surface area contributed by atoms with E-state index in [-0.39, 0.29) is 0 Å². The van der Waals surface area contributed by atoms with Gasteiger partial charge in [-0.25, -0.2) is 4.98 Å². The zero-order valence-corrected chi connectivity index (χ0v) is 13.2. The molecule has 0 aliphatic carbocycles. The van der Waals surface area contributed by atoms with Crippen molar-refractivity contribution >= 4 is 35.8 Å². The van der Waals surface area contributed by atoms with Gasteiger partial charge in [0, 0.05) is 18.7 Å². The van der Waals surface area contributed by atoms with Crippen molar-refractivity contribution in [3.8, 4) is 6.07 Å². The predicted molar refractivity (Wildman–Crippen MR) is 75.5 cm³/mol. The average Bonchev–Trinajstić information content (AvgIpc) is 2.16. The van der Waals surface area contributed by atoms with Gasteiger partial charge in [-0.15, -0.1) is 11.8 Å². The number of thioether (sulfide) groups is 1. The summed E-state index contributed by atoms with van der Waals surface area (Å²) in [4.78, 5) is 4.26. The number of pyridine rings is 1. The maximum Gasteiger partial charge on any atom is 0.115 e. The molecule has 1 aromatic heterocycles. The van der Waals surface area contributed by atoms with E-state index in [0.717, 1.165) is 15.3 Å². The smallest absolute Gasteiger partial charge is 0.115 e. The van der Waals surface area contributed by atoms with Crippen molar-refractivity contribution in [2.45, 2.75) is 30.7 Å². The first-order valence-electron chi connectivity index (χ1n) is 5.11. The average molecular weight is 315 g/mol. The molecule has 0 aliphatic rings. The molecule has 0 amide bonds. The van der Waals surface area contributed by atoms with Gasteiger partial charge in [-0.3, -0.25) is 0 Å². The Morgan fingerprint density at radius 2 is 2.19 bits per heavy atom. The molecule has 2 nitrogen and oxygen atoms in total. The summed E-state index contributed by atoms with van der Waals surface area (Å²) < 4.78 is 0.834. The van der Waals surface area contributed by atoms with Crippen LogP contribution in [0.15, 0.2) is 21.8 Å². The second kappa shape index (κ2) is 5.85. The molecular formula is C11H15BrN2SSi. The maximum atomic E-state index is 9.03. The van der Waals surface area contributed by atoms with Gasteiger partial charge in [0.1, 0.15) is 11.1 Å². The Balaban J connectivity index is 2.68. The summed E-state index contributed by atoms with van der Waals surface area (Å²) in [6.07, 6.45) is 1.74. The normalized spacial score (nSPS) is 11.2. The molecule has 0 spiro atoms. The van der Waals surface area contributed by atoms with Gasteiger partial charge in [0.15, 0.2) is 0 Å². The molecule has 0 saturated heterocycles. The Labute approximate surface area is 111 Å². The second-order valence-corrected chi connectivity index (χ2v) is 12.3. The lowest BCUT2D eigenvalue weighted by atomic mass is 10.3. The highest BCUT2D eigenvalue weighted by atomic mass is 79.9. The number of rotatable bonds is 4. The van der Waals surface area contributed by atoms with E-state index in [4.69, 9.17) is 5.26 Å². The summed E-state index contributed by atoms with van der Waals surface area (Å²) in [5, 5.41) is 9.88. The summed E-state index contributed by atoms with van der Waals surface area (Å²) in [6.45, 7) is 7.06. The van der Waals surface area contributed by atoms with Gasteiger partial charge in [-0.1, -0.05) is 19.6 Å². The molecule has 1 heterocycles. The Hall–Kier alpha value is -0.313. The summed E-state index contributed by atoms with van der Waals surface area (Å²) >= 11 is 5.06. The van der Waals surface area contributed by atoms with Crippen LogP contribution in [0.1, 0.15) is 5.56 Å². The Morgan fingerprint density at radius 1 is 1.50 bits per heavy atom. The molecule has 86 valence electrons. The van der Waals surface area contributed by atoms with Gasteiger partial charge in [0.05, 0.1) is 5.56 Å². The number of hydrogen-bond donors (Lipinski definition) is 0. The number of halogens is 1. The highest BCUT2D eigenvalue weighted by Gasteiger charge is 2.14. The topological polar surface area (TPSA) is 36.7 Å². The first kappa shape index (κ1) is 13.8. The lowest BCUT2D eigenvalue weighted by molar-refractivity contribution is 1.10. The van der Waals surface area contributed by atoms with Crippen LogP contribution in [0.2, 0.25) is 25.7 Å². The van der Waals surface area contributed by atoms with Crippen molar-refractivity contribution in [1.82, 2.24) is 4.98 Å². The van der Waals surface area contributed by atoms with Gasteiger partial charge in [0.25, 0.3) is 0 Å². The van der Waals surface area contributed by atoms with Crippen molar-refractivity contribution in [2.24, 2.45) is 0 Å². The van der Waals surface area contributed by atoms with E-state index < -0.39 is 8.07 Å². The third-order valence-corrected chi connectivity index (χ3v) is 5.83. The Kier molecular flexibility index (Phi) is 5.03. The van der Waals surface area contributed by atoms with Crippen LogP contribution in [0, 0.1) is 11.3 Å². The molecule has 0 saturated carbocycles. The fourth-order valence-electron chi connectivity index (χ4n) is 1.08. The molecule has 0 aromatic carbocycles. The lowest BCUT2D eigenvalue weighted by Gasteiger charge is -2.14. The third-order valence-electron chi connectivity index (χ3n) is 2.07. The fraction of sp³-hybridized carbons (Fsp3) is 0.455. The Bertz CT molecular complexity index is 409. The Morgan fingerprint density at radius 3 is 2.75 bits per heavy atom. The SMILES string of the molecule is C[Si](C)(C)CCSc1nccc(Br)c1C#N. The van der Waals surface area contributed by atoms with Crippen LogP contribution in [0.3, 0.4) is 0 Å². The van der Waals surface area contributed by atoms with Gasteiger partial charge >= 0.3 is 0 Å². The largest absolute Gasteiger partial charge is 0.248 e. The van der Waals surface area contributed by atoms with Gasteiger partial charge in [-0.2, -0.15) is 5.26 Å². The van der Waals surface area contributed by atoms with Crippen LogP contribution in [0.4, 0.5) is 0 Å². The van der Waals surface area contributed by atoms with Gasteiger partial charge in [-0.05, 0) is 33.8 Å². The molecule has 0 bridgehead atoms. The van der Waals surface area contributed by atoms with E-state index in [1.165, 1.54) is 6.04 Å². The van der Waals surface area contributed by atoms with E-state index in [9.17, 15) is 0 Å². The second-order valence-electron chi connectivity index (χ2n) is 4.74. The molecule has 0 radical (unpaired) electrons. The minimum absolute atomic E-state index is 0.656. The molecule has 0 fully saturated rings. The molecule has 1 aromatic rings. The number of aromatic nitrogens is 1. The number of nitriles is 1. The van der Waals surface area contributed by atoms with Crippen LogP contribution in [-0.2, 0) is 0 Å². The van der Waals surface area contributed by atoms with Crippen LogP contribution in [0.5, 0.6) is 0 Å². The van der Waals surface area contributed by atoms with Crippen molar-refractivity contribution in [2.75, 3.05) is 5.75 Å². The van der Waals surface area contributed by atoms with E-state index in [1.807, 2.05) is 0 Å². The molecule has 0 aliphatic heterocycles. The summed E-state index contributed by atoms with van der Waals surface area (Å²) in [5.41, 5.74) is 0.656. The molecule has 5 heteroatoms. The monoisotopic (exact) mass is 314 g/mol. The van der Waals surface area contributed by atoms with Crippen LogP contribution in [-0.4, -0.2) is 18.8 Å². The van der Waals surface area contributed by atoms with Crippen molar-refractivity contribution in [3.05, 3.63) is 22.3 Å². The van der Waals surface area contributed by atoms with E-state index in [2.05, 4.69) is 46.6 Å². The third kappa shape index (κ3) is 4.28. The minimum atomic E-state index is -0.995. The molecule has 1 rings (SSSR count). The van der Waals surface area contributed by atoms with E-state index in [0.29, 0.717) is 5.56 Å². The summed E-state index contributed by atoms with van der Waals surface area (Å²) in [7, 11) is -0.995. The minimum Gasteiger partial charge on any atom is -0.248 e. The summed E-state index contributed by atoms with van der Waals surface area (Å²) in [5.74, 6) is 1.05. The number of nitrogens with zero attached hydrogens (tertiary/aromatic N) is 2. The fourth-order valence-corrected chi connectivity index (χ4v) is 5.10. The molecule has 0 unspecified atom stereocenters. The zero-order valence-electron chi connectivity index (χ0n) is 9.75. The van der Waals surface area contributed by atoms with E-state index in [1.54, 1.807) is 24.0 Å². The molecule has 0 atom stereocenters. The standard InChI is InChI=1S/C11H15BrN2SSi/c1-16(2,3)7-6-15-11-9(8-13)10(12)4-5-14-11/h4-5H,6-7H2,1-3H3. The first-order valence-corrected chi connectivity index (χ1v) is 10.6. The predicted octanol–water partition coefficient (Wildman–Crippen LogP) is 4.15. The van der Waals surface area contributed by atoms with Crippen molar-refractivity contribution in [3.63, 3.8) is 0 Å². The highest BCUT2D eigenvalue weighted by molar-refractivity contribution is 9.10. The number of hydrogen-bond acceptors (Lipinski definition) is 3. The molecular weight excluding hydrogens is 300 g/mol. The first-order chi connectivity index (χ1) is 7.44. The van der Waals surface area contributed by atoms with Crippen molar-refractivity contribution < 1.29 is 0 Å².